The molecule has 1 fully saturated rings. The summed E-state index contributed by atoms with van der Waals surface area (Å²) in [6, 6.07) is 12.6. The molecule has 1 saturated heterocycles. The number of ether oxygens (including phenoxy) is 3. The number of aliphatic imine (C=N–C) groups is 1. The van der Waals surface area contributed by atoms with Gasteiger partial charge < -0.3 is 29.0 Å². The van der Waals surface area contributed by atoms with E-state index >= 15 is 0 Å². The predicted octanol–water partition coefficient (Wildman–Crippen LogP) is 4.61. The van der Waals surface area contributed by atoms with Crippen LogP contribution < -0.4 is 14.8 Å². The van der Waals surface area contributed by atoms with Gasteiger partial charge in [-0.2, -0.15) is 0 Å². The average molecular weight is 545 g/mol. The van der Waals surface area contributed by atoms with E-state index in [2.05, 4.69) is 10.3 Å². The lowest BCUT2D eigenvalue weighted by atomic mass is 10.1. The van der Waals surface area contributed by atoms with Crippen LogP contribution in [0.1, 0.15) is 46.5 Å². The Morgan fingerprint density at radius 3 is 2.62 bits per heavy atom. The van der Waals surface area contributed by atoms with Crippen LogP contribution in [0, 0.1) is 0 Å². The molecule has 1 N–H and O–H groups in total. The molecule has 3 heterocycles. The largest absolute Gasteiger partial charge is 0.493 e. The number of anilines is 1. The maximum absolute atomic E-state index is 13.0. The van der Waals surface area contributed by atoms with E-state index in [9.17, 15) is 14.4 Å². The van der Waals surface area contributed by atoms with Crippen molar-refractivity contribution in [2.75, 3.05) is 32.7 Å². The molecule has 0 spiro atoms. The highest BCUT2D eigenvalue weighted by molar-refractivity contribution is 6.03. The molecule has 2 aromatic carbocycles. The van der Waals surface area contributed by atoms with E-state index < -0.39 is 5.97 Å². The molecule has 0 saturated carbocycles. The third kappa shape index (κ3) is 5.56. The molecule has 5 rings (SSSR count). The molecule has 2 amide bonds. The van der Waals surface area contributed by atoms with Crippen LogP contribution >= 0.6 is 0 Å². The first-order valence-electron chi connectivity index (χ1n) is 13.2. The fourth-order valence-electron chi connectivity index (χ4n) is 5.03. The topological polar surface area (TPSA) is 111 Å². The maximum Gasteiger partial charge on any atom is 0.354 e. The van der Waals surface area contributed by atoms with Gasteiger partial charge in [0.1, 0.15) is 5.69 Å². The quantitative estimate of drug-likeness (QED) is 0.311. The molecule has 0 bridgehead atoms. The second-order valence-corrected chi connectivity index (χ2v) is 9.80. The van der Waals surface area contributed by atoms with Crippen molar-refractivity contribution >= 4 is 35.4 Å². The first-order chi connectivity index (χ1) is 19.4. The Labute approximate surface area is 232 Å². The highest BCUT2D eigenvalue weighted by Crippen LogP contribution is 2.38. The molecule has 1 atom stereocenters. The lowest BCUT2D eigenvalue weighted by Crippen LogP contribution is -2.35. The lowest BCUT2D eigenvalue weighted by Gasteiger charge is -2.20. The Hall–Kier alpha value is -4.60. The van der Waals surface area contributed by atoms with Crippen molar-refractivity contribution < 1.29 is 28.6 Å². The SMILES string of the molecule is COC(=O)c1cc(-c2ccc(NC(=O)CCCOc3cc4c(cc3OC)C(=O)N3CCC[C@H]3C=N4)cc2)cn1C. The van der Waals surface area contributed by atoms with Crippen molar-refractivity contribution in [3.8, 4) is 22.6 Å². The van der Waals surface area contributed by atoms with Gasteiger partial charge in [0.25, 0.3) is 5.91 Å². The smallest absolute Gasteiger partial charge is 0.354 e. The number of carbonyl (C=O) groups is 3. The molecular formula is C30H32N4O6. The molecule has 0 aliphatic carbocycles. The monoisotopic (exact) mass is 544 g/mol. The Bertz CT molecular complexity index is 1460. The molecule has 0 radical (unpaired) electrons. The van der Waals surface area contributed by atoms with Crippen LogP contribution in [0.2, 0.25) is 0 Å². The minimum Gasteiger partial charge on any atom is -0.493 e. The van der Waals surface area contributed by atoms with E-state index in [1.807, 2.05) is 41.6 Å². The molecule has 3 aromatic rings. The van der Waals surface area contributed by atoms with E-state index in [1.165, 1.54) is 14.2 Å². The van der Waals surface area contributed by atoms with E-state index in [-0.39, 0.29) is 24.3 Å². The van der Waals surface area contributed by atoms with Crippen LogP contribution in [-0.4, -0.2) is 66.9 Å². The molecule has 1 aromatic heterocycles. The van der Waals surface area contributed by atoms with Gasteiger partial charge >= 0.3 is 5.97 Å². The number of hydrogen-bond donors (Lipinski definition) is 1. The zero-order chi connectivity index (χ0) is 28.2. The number of aromatic nitrogens is 1. The number of nitrogens with zero attached hydrogens (tertiary/aromatic N) is 3. The minimum absolute atomic E-state index is 0.0303. The van der Waals surface area contributed by atoms with Crippen LogP contribution in [0.5, 0.6) is 11.5 Å². The van der Waals surface area contributed by atoms with Gasteiger partial charge in [-0.3, -0.25) is 14.6 Å². The summed E-state index contributed by atoms with van der Waals surface area (Å²) in [5.74, 6) is 0.376. The van der Waals surface area contributed by atoms with E-state index in [0.29, 0.717) is 47.2 Å². The molecule has 2 aliphatic rings. The summed E-state index contributed by atoms with van der Waals surface area (Å²) in [6.07, 6.45) is 6.34. The van der Waals surface area contributed by atoms with E-state index in [0.717, 1.165) is 30.5 Å². The van der Waals surface area contributed by atoms with Crippen molar-refractivity contribution in [1.29, 1.82) is 0 Å². The number of esters is 1. The number of amides is 2. The number of methoxy groups -OCH3 is 2. The van der Waals surface area contributed by atoms with Crippen LogP contribution in [0.15, 0.2) is 53.7 Å². The summed E-state index contributed by atoms with van der Waals surface area (Å²) in [7, 11) is 4.67. The van der Waals surface area contributed by atoms with Crippen molar-refractivity contribution in [3.63, 3.8) is 0 Å². The van der Waals surface area contributed by atoms with Gasteiger partial charge in [-0.25, -0.2) is 4.79 Å². The maximum atomic E-state index is 13.0. The number of aryl methyl sites for hydroxylation is 1. The Morgan fingerprint density at radius 1 is 1.07 bits per heavy atom. The van der Waals surface area contributed by atoms with Gasteiger partial charge in [-0.15, -0.1) is 0 Å². The summed E-state index contributed by atoms with van der Waals surface area (Å²) < 4.78 is 17.9. The number of rotatable bonds is 9. The zero-order valence-electron chi connectivity index (χ0n) is 22.8. The fourth-order valence-corrected chi connectivity index (χ4v) is 5.03. The summed E-state index contributed by atoms with van der Waals surface area (Å²) >= 11 is 0. The number of nitrogens with one attached hydrogen (secondary N) is 1. The predicted molar refractivity (Wildman–Crippen MR) is 151 cm³/mol. The van der Waals surface area contributed by atoms with Gasteiger partial charge in [0.2, 0.25) is 5.91 Å². The molecule has 10 heteroatoms. The number of hydrogen-bond acceptors (Lipinski definition) is 7. The van der Waals surface area contributed by atoms with Gasteiger partial charge in [0.15, 0.2) is 11.5 Å². The zero-order valence-corrected chi connectivity index (χ0v) is 22.8. The molecule has 2 aliphatic heterocycles. The standard InChI is InChI=1S/C30H32N4O6/c1-33-18-20(14-25(33)30(37)39-3)19-8-10-21(11-9-19)32-28(35)7-5-13-40-27-16-24-23(15-26(27)38-2)29(36)34-12-4-6-22(34)17-31-24/h8-11,14-18,22H,4-7,12-13H2,1-3H3,(H,32,35)/t22-/m0/s1. The van der Waals surface area contributed by atoms with Crippen molar-refractivity contribution in [3.05, 3.63) is 59.9 Å². The number of carbonyl (C=O) groups excluding carboxylic acids is 3. The van der Waals surface area contributed by atoms with Gasteiger partial charge in [-0.05, 0) is 49.1 Å². The fraction of sp³-hybridized carbons (Fsp3) is 0.333. The van der Waals surface area contributed by atoms with Crippen LogP contribution in [0.25, 0.3) is 11.1 Å². The third-order valence-corrected chi connectivity index (χ3v) is 7.17. The minimum atomic E-state index is -0.397. The second kappa shape index (κ2) is 11.6. The van der Waals surface area contributed by atoms with E-state index in [1.54, 1.807) is 29.8 Å². The average Bonchev–Trinajstić information content (AvgIpc) is 3.57. The number of benzene rings is 2. The first-order valence-corrected chi connectivity index (χ1v) is 13.2. The van der Waals surface area contributed by atoms with Crippen molar-refractivity contribution in [1.82, 2.24) is 9.47 Å². The van der Waals surface area contributed by atoms with Gasteiger partial charge in [0, 0.05) is 49.7 Å². The summed E-state index contributed by atoms with van der Waals surface area (Å²) in [5, 5.41) is 2.90. The second-order valence-electron chi connectivity index (χ2n) is 9.80. The third-order valence-electron chi connectivity index (χ3n) is 7.17. The molecule has 208 valence electrons. The Morgan fingerprint density at radius 2 is 1.88 bits per heavy atom. The van der Waals surface area contributed by atoms with Crippen molar-refractivity contribution in [2.45, 2.75) is 31.7 Å². The van der Waals surface area contributed by atoms with E-state index in [4.69, 9.17) is 14.2 Å². The van der Waals surface area contributed by atoms with Crippen molar-refractivity contribution in [2.24, 2.45) is 12.0 Å². The van der Waals surface area contributed by atoms with Crippen LogP contribution in [0.3, 0.4) is 0 Å². The van der Waals surface area contributed by atoms with Crippen LogP contribution in [0.4, 0.5) is 11.4 Å². The summed E-state index contributed by atoms with van der Waals surface area (Å²) in [6.45, 7) is 1.02. The Kier molecular flexibility index (Phi) is 7.86. The van der Waals surface area contributed by atoms with Gasteiger partial charge in [0.05, 0.1) is 38.1 Å². The summed E-state index contributed by atoms with van der Waals surface area (Å²) in [5.41, 5.74) is 4.00. The normalized spacial score (nSPS) is 15.7. The highest BCUT2D eigenvalue weighted by Gasteiger charge is 2.32. The number of fused-ring (bicyclic) bond motifs is 2. The molecule has 40 heavy (non-hydrogen) atoms. The van der Waals surface area contributed by atoms with Gasteiger partial charge in [-0.1, -0.05) is 12.1 Å². The highest BCUT2D eigenvalue weighted by atomic mass is 16.5. The molecule has 10 nitrogen and oxygen atoms in total. The Balaban J connectivity index is 1.14. The summed E-state index contributed by atoms with van der Waals surface area (Å²) in [4.78, 5) is 43.8. The lowest BCUT2D eigenvalue weighted by molar-refractivity contribution is -0.116. The van der Waals surface area contributed by atoms with Crippen LogP contribution in [-0.2, 0) is 16.6 Å². The first kappa shape index (κ1) is 27.0. The molecular weight excluding hydrogens is 512 g/mol. The molecule has 0 unspecified atom stereocenters.